The second kappa shape index (κ2) is 5.68. The first-order valence-electron chi connectivity index (χ1n) is 6.99. The third-order valence-electron chi connectivity index (χ3n) is 4.16. The van der Waals surface area contributed by atoms with Gasteiger partial charge in [-0.1, -0.05) is 42.7 Å². The third kappa shape index (κ3) is 3.32. The van der Waals surface area contributed by atoms with Crippen LogP contribution in [-0.2, 0) is 0 Å². The van der Waals surface area contributed by atoms with Gasteiger partial charge in [0.1, 0.15) is 0 Å². The van der Waals surface area contributed by atoms with E-state index in [2.05, 4.69) is 50.4 Å². The quantitative estimate of drug-likeness (QED) is 0.818. The molecule has 0 heterocycles. The maximum Gasteiger partial charge on any atom is 0.0294 e. The van der Waals surface area contributed by atoms with Gasteiger partial charge >= 0.3 is 0 Å². The summed E-state index contributed by atoms with van der Waals surface area (Å²) in [6, 6.07) is 9.95. The second-order valence-corrected chi connectivity index (χ2v) is 5.64. The molecule has 1 unspecified atom stereocenters. The number of hydrogen-bond acceptors (Lipinski definition) is 1. The molecule has 0 bridgehead atoms. The van der Waals surface area contributed by atoms with Gasteiger partial charge in [0.2, 0.25) is 0 Å². The van der Waals surface area contributed by atoms with E-state index in [1.54, 1.807) is 0 Å². The van der Waals surface area contributed by atoms with Gasteiger partial charge in [-0.2, -0.15) is 0 Å². The predicted molar refractivity (Wildman–Crippen MR) is 74.1 cm³/mol. The average molecular weight is 231 g/mol. The Bertz CT molecular complexity index is 352. The van der Waals surface area contributed by atoms with Crippen LogP contribution in [-0.4, -0.2) is 6.04 Å². The normalized spacial score (nSPS) is 20.4. The smallest absolute Gasteiger partial charge is 0.0294 e. The Balaban J connectivity index is 1.93. The maximum absolute atomic E-state index is 3.77. The van der Waals surface area contributed by atoms with Gasteiger partial charge in [0.15, 0.2) is 0 Å². The van der Waals surface area contributed by atoms with Crippen LogP contribution in [0.1, 0.15) is 56.7 Å². The van der Waals surface area contributed by atoms with Crippen LogP contribution in [0.3, 0.4) is 0 Å². The molecule has 0 amide bonds. The lowest BCUT2D eigenvalue weighted by atomic mass is 9.97. The van der Waals surface area contributed by atoms with Gasteiger partial charge in [0, 0.05) is 12.1 Å². The van der Waals surface area contributed by atoms with E-state index in [1.165, 1.54) is 36.8 Å². The topological polar surface area (TPSA) is 12.0 Å². The summed E-state index contributed by atoms with van der Waals surface area (Å²) in [7, 11) is 0. The van der Waals surface area contributed by atoms with Crippen LogP contribution in [0.4, 0.5) is 0 Å². The van der Waals surface area contributed by atoms with Crippen molar-refractivity contribution in [2.24, 2.45) is 5.92 Å². The van der Waals surface area contributed by atoms with E-state index in [0.29, 0.717) is 12.1 Å². The molecule has 1 nitrogen and oxygen atoms in total. The van der Waals surface area contributed by atoms with Gasteiger partial charge in [-0.3, -0.25) is 0 Å². The summed E-state index contributed by atoms with van der Waals surface area (Å²) in [5.74, 6) is 0.891. The van der Waals surface area contributed by atoms with Gasteiger partial charge in [-0.05, 0) is 45.1 Å². The lowest BCUT2D eigenvalue weighted by Crippen LogP contribution is -2.34. The molecule has 2 atom stereocenters. The highest BCUT2D eigenvalue weighted by Gasteiger charge is 2.22. The van der Waals surface area contributed by atoms with E-state index in [-0.39, 0.29) is 0 Å². The summed E-state index contributed by atoms with van der Waals surface area (Å²) in [6.45, 7) is 6.79. The Labute approximate surface area is 106 Å². The minimum atomic E-state index is 0.463. The molecule has 0 radical (unpaired) electrons. The molecule has 1 N–H and O–H groups in total. The SMILES string of the molecule is Cc1cccc(C(C)N[C@H](C)C2CCCC2)c1. The van der Waals surface area contributed by atoms with Gasteiger partial charge in [0.05, 0.1) is 0 Å². The van der Waals surface area contributed by atoms with Crippen molar-refractivity contribution in [3.63, 3.8) is 0 Å². The zero-order chi connectivity index (χ0) is 12.3. The maximum atomic E-state index is 3.77. The van der Waals surface area contributed by atoms with E-state index < -0.39 is 0 Å². The Kier molecular flexibility index (Phi) is 4.22. The molecule has 0 saturated heterocycles. The van der Waals surface area contributed by atoms with E-state index >= 15 is 0 Å². The van der Waals surface area contributed by atoms with Crippen LogP contribution in [0.5, 0.6) is 0 Å². The molecular weight excluding hydrogens is 206 g/mol. The van der Waals surface area contributed by atoms with Crippen molar-refractivity contribution in [3.05, 3.63) is 35.4 Å². The summed E-state index contributed by atoms with van der Waals surface area (Å²) >= 11 is 0. The molecule has 1 aromatic carbocycles. The van der Waals surface area contributed by atoms with Gasteiger partial charge in [-0.15, -0.1) is 0 Å². The molecule has 1 aliphatic rings. The first-order chi connectivity index (χ1) is 8.16. The summed E-state index contributed by atoms with van der Waals surface area (Å²) in [5.41, 5.74) is 2.76. The first-order valence-corrected chi connectivity index (χ1v) is 6.99. The molecule has 1 saturated carbocycles. The van der Waals surface area contributed by atoms with Crippen molar-refractivity contribution in [2.75, 3.05) is 0 Å². The molecule has 94 valence electrons. The molecular formula is C16H25N. The zero-order valence-corrected chi connectivity index (χ0v) is 11.4. The predicted octanol–water partition coefficient (Wildman–Crippen LogP) is 4.22. The van der Waals surface area contributed by atoms with E-state index in [1.807, 2.05) is 0 Å². The highest BCUT2D eigenvalue weighted by molar-refractivity contribution is 5.24. The molecule has 1 fully saturated rings. The fourth-order valence-electron chi connectivity index (χ4n) is 3.02. The Morgan fingerprint density at radius 1 is 1.18 bits per heavy atom. The fourth-order valence-corrected chi connectivity index (χ4v) is 3.02. The van der Waals surface area contributed by atoms with Crippen LogP contribution >= 0.6 is 0 Å². The lowest BCUT2D eigenvalue weighted by Gasteiger charge is -2.25. The molecule has 2 rings (SSSR count). The van der Waals surface area contributed by atoms with Crippen molar-refractivity contribution in [1.82, 2.24) is 5.32 Å². The number of benzene rings is 1. The molecule has 0 spiro atoms. The summed E-state index contributed by atoms with van der Waals surface area (Å²) in [4.78, 5) is 0. The van der Waals surface area contributed by atoms with E-state index in [0.717, 1.165) is 5.92 Å². The van der Waals surface area contributed by atoms with Crippen LogP contribution in [0.15, 0.2) is 24.3 Å². The summed E-state index contributed by atoms with van der Waals surface area (Å²) in [5, 5.41) is 3.77. The zero-order valence-electron chi connectivity index (χ0n) is 11.4. The van der Waals surface area contributed by atoms with Crippen molar-refractivity contribution in [3.8, 4) is 0 Å². The second-order valence-electron chi connectivity index (χ2n) is 5.64. The number of rotatable bonds is 4. The van der Waals surface area contributed by atoms with E-state index in [4.69, 9.17) is 0 Å². The van der Waals surface area contributed by atoms with Crippen LogP contribution < -0.4 is 5.32 Å². The van der Waals surface area contributed by atoms with Crippen LogP contribution in [0.25, 0.3) is 0 Å². The monoisotopic (exact) mass is 231 g/mol. The number of aryl methyl sites for hydroxylation is 1. The molecule has 1 aromatic rings. The van der Waals surface area contributed by atoms with Gasteiger partial charge in [0.25, 0.3) is 0 Å². The van der Waals surface area contributed by atoms with Crippen LogP contribution in [0, 0.1) is 12.8 Å². The third-order valence-corrected chi connectivity index (χ3v) is 4.16. The fraction of sp³-hybridized carbons (Fsp3) is 0.625. The number of hydrogen-bond donors (Lipinski definition) is 1. The average Bonchev–Trinajstić information content (AvgIpc) is 2.82. The molecule has 0 aromatic heterocycles. The minimum Gasteiger partial charge on any atom is -0.307 e. The molecule has 1 aliphatic carbocycles. The van der Waals surface area contributed by atoms with E-state index in [9.17, 15) is 0 Å². The van der Waals surface area contributed by atoms with Crippen molar-refractivity contribution >= 4 is 0 Å². The lowest BCUT2D eigenvalue weighted by molar-refractivity contribution is 0.352. The van der Waals surface area contributed by atoms with Gasteiger partial charge < -0.3 is 5.32 Å². The highest BCUT2D eigenvalue weighted by atomic mass is 14.9. The minimum absolute atomic E-state index is 0.463. The Morgan fingerprint density at radius 3 is 2.53 bits per heavy atom. The standard InChI is InChI=1S/C16H25N/c1-12-7-6-10-16(11-12)14(3)17-13(2)15-8-4-5-9-15/h6-7,10-11,13-15,17H,4-5,8-9H2,1-3H3/t13-,14?/m1/s1. The molecule has 0 aliphatic heterocycles. The first kappa shape index (κ1) is 12.6. The van der Waals surface area contributed by atoms with Gasteiger partial charge in [-0.25, -0.2) is 0 Å². The molecule has 1 heteroatoms. The van der Waals surface area contributed by atoms with Crippen LogP contribution in [0.2, 0.25) is 0 Å². The van der Waals surface area contributed by atoms with Crippen molar-refractivity contribution in [1.29, 1.82) is 0 Å². The van der Waals surface area contributed by atoms with Crippen molar-refractivity contribution in [2.45, 2.75) is 58.5 Å². The molecule has 17 heavy (non-hydrogen) atoms. The largest absolute Gasteiger partial charge is 0.307 e. The summed E-state index contributed by atoms with van der Waals surface area (Å²) in [6.07, 6.45) is 5.68. The number of nitrogens with one attached hydrogen (secondary N) is 1. The summed E-state index contributed by atoms with van der Waals surface area (Å²) < 4.78 is 0. The highest BCUT2D eigenvalue weighted by Crippen LogP contribution is 2.28. The Hall–Kier alpha value is -0.820. The Morgan fingerprint density at radius 2 is 1.88 bits per heavy atom. The van der Waals surface area contributed by atoms with Crippen molar-refractivity contribution < 1.29 is 0 Å².